The van der Waals surface area contributed by atoms with E-state index in [-0.39, 0.29) is 0 Å². The lowest BCUT2D eigenvalue weighted by molar-refractivity contribution is 0.666. The summed E-state index contributed by atoms with van der Waals surface area (Å²) < 4.78 is 16.4. The predicted molar refractivity (Wildman–Crippen MR) is 466 cm³/mol. The molecule has 0 aliphatic rings. The molecule has 0 saturated heterocycles. The van der Waals surface area contributed by atoms with Crippen molar-refractivity contribution in [2.24, 2.45) is 0 Å². The molecule has 0 N–H and O–H groups in total. The summed E-state index contributed by atoms with van der Waals surface area (Å²) in [4.78, 5) is 21.7. The maximum absolute atomic E-state index is 7.17. The number of rotatable bonds is 12. The Kier molecular flexibility index (Phi) is 14.5. The number of hydrogen-bond donors (Lipinski definition) is 0. The van der Waals surface area contributed by atoms with Gasteiger partial charge in [-0.25, -0.2) is 19.9 Å². The van der Waals surface area contributed by atoms with Gasteiger partial charge in [0.15, 0.2) is 5.58 Å². The van der Waals surface area contributed by atoms with Gasteiger partial charge in [0.05, 0.1) is 72.6 Å². The minimum atomic E-state index is 0.589. The summed E-state index contributed by atoms with van der Waals surface area (Å²) in [6.07, 6.45) is 0. The Morgan fingerprint density at radius 3 is 0.991 bits per heavy atom. The van der Waals surface area contributed by atoms with Crippen molar-refractivity contribution in [2.45, 2.75) is 0 Å². The smallest absolute Gasteiger partial charge is 0.235 e. The van der Waals surface area contributed by atoms with E-state index in [1.54, 1.807) is 0 Å². The Hall–Kier alpha value is -15.3. The van der Waals surface area contributed by atoms with Gasteiger partial charge in [-0.1, -0.05) is 273 Å². The van der Waals surface area contributed by atoms with Crippen LogP contribution in [0.25, 0.3) is 222 Å². The molecular weight excluding hydrogens is 1380 g/mol. The Labute approximate surface area is 648 Å². The molecule has 0 atom stereocenters. The summed E-state index contributed by atoms with van der Waals surface area (Å²) in [5.41, 5.74) is 28.7. The van der Waals surface area contributed by atoms with Crippen molar-refractivity contribution >= 4 is 109 Å². The van der Waals surface area contributed by atoms with Crippen molar-refractivity contribution in [3.8, 4) is 113 Å². The van der Waals surface area contributed by atoms with E-state index in [0.717, 1.165) is 183 Å². The fourth-order valence-electron chi connectivity index (χ4n) is 17.6. The zero-order valence-electron chi connectivity index (χ0n) is 60.9. The van der Waals surface area contributed by atoms with Crippen molar-refractivity contribution in [3.05, 3.63) is 388 Å². The Bertz CT molecular complexity index is 7720. The average Bonchev–Trinajstić information content (AvgIpc) is 1.57. The van der Waals surface area contributed by atoms with Crippen molar-refractivity contribution in [2.75, 3.05) is 0 Å². The minimum Gasteiger partial charge on any atom is -0.454 e. The van der Waals surface area contributed by atoms with E-state index in [9.17, 15) is 0 Å². The molecule has 0 spiro atoms. The van der Waals surface area contributed by atoms with Gasteiger partial charge in [0, 0.05) is 81.8 Å². The van der Waals surface area contributed by atoms with E-state index in [4.69, 9.17) is 24.4 Å². The van der Waals surface area contributed by atoms with Crippen LogP contribution in [-0.4, -0.2) is 38.2 Å². The molecule has 9 nitrogen and oxygen atoms in total. The standard InChI is InChI=1S/C104H64N8O/c1-5-24-65(25-6-1)66-46-52-76(53-47-66)109-91-40-17-13-34-78(91)83-59-70(48-54-95(83)109)72-50-57-98-86(61-72)81-37-16-20-43-94(81)112(98)104-107-89(69-30-11-4-12-31-69)64-90(108-104)75-33-21-32-74(58-75)77-38-23-45-100-101(77)82-39-22-44-99(102(82)113-100)110-92-41-18-14-35-79(92)84-60-71(49-55-96(84)110)73-51-56-97-85(62-73)80-36-15-19-42-93(80)111(97)103-105-87(67-26-7-2-8-27-67)63-88(106-103)68-28-9-3-10-29-68/h1-64H. The molecule has 0 radical (unpaired) electrons. The number of furan rings is 1. The molecule has 0 unspecified atom stereocenters. The summed E-state index contributed by atoms with van der Waals surface area (Å²) in [5, 5.41) is 11.3. The van der Waals surface area contributed by atoms with Crippen molar-refractivity contribution < 1.29 is 4.42 Å². The fourth-order valence-corrected chi connectivity index (χ4v) is 17.6. The summed E-state index contributed by atoms with van der Waals surface area (Å²) in [7, 11) is 0. The first-order valence-electron chi connectivity index (χ1n) is 38.3. The van der Waals surface area contributed by atoms with Crippen molar-refractivity contribution in [1.29, 1.82) is 0 Å². The molecule has 23 aromatic rings. The van der Waals surface area contributed by atoms with Gasteiger partial charge in [-0.15, -0.1) is 0 Å². The van der Waals surface area contributed by atoms with Gasteiger partial charge in [-0.2, -0.15) is 0 Å². The summed E-state index contributed by atoms with van der Waals surface area (Å²) in [6, 6.07) is 139. The van der Waals surface area contributed by atoms with Gasteiger partial charge in [-0.05, 0) is 160 Å². The molecule has 0 fully saturated rings. The Morgan fingerprint density at radius 2 is 0.522 bits per heavy atom. The molecule has 0 aliphatic carbocycles. The van der Waals surface area contributed by atoms with Crippen LogP contribution in [0.4, 0.5) is 0 Å². The molecule has 7 heterocycles. The summed E-state index contributed by atoms with van der Waals surface area (Å²) in [6.45, 7) is 0. The second kappa shape index (κ2) is 25.7. The van der Waals surface area contributed by atoms with E-state index >= 15 is 0 Å². The van der Waals surface area contributed by atoms with E-state index in [0.29, 0.717) is 11.9 Å². The average molecular weight is 1440 g/mol. The number of nitrogens with zero attached hydrogens (tertiary/aromatic N) is 8. The third kappa shape index (κ3) is 10.4. The number of fused-ring (bicyclic) bond motifs is 15. The number of para-hydroxylation sites is 5. The molecule has 0 aliphatic heterocycles. The Balaban J connectivity index is 0.605. The molecule has 23 rings (SSSR count). The summed E-state index contributed by atoms with van der Waals surface area (Å²) >= 11 is 0. The van der Waals surface area contributed by atoms with Gasteiger partial charge in [0.2, 0.25) is 11.9 Å². The van der Waals surface area contributed by atoms with Crippen molar-refractivity contribution in [1.82, 2.24) is 38.2 Å². The lowest BCUT2D eigenvalue weighted by Crippen LogP contribution is -2.04. The maximum Gasteiger partial charge on any atom is 0.235 e. The van der Waals surface area contributed by atoms with Crippen LogP contribution in [0.15, 0.2) is 393 Å². The highest BCUT2D eigenvalue weighted by Crippen LogP contribution is 2.46. The van der Waals surface area contributed by atoms with Gasteiger partial charge in [0.25, 0.3) is 0 Å². The van der Waals surface area contributed by atoms with Gasteiger partial charge in [0.1, 0.15) is 5.58 Å². The zero-order valence-corrected chi connectivity index (χ0v) is 60.9. The second-order valence-electron chi connectivity index (χ2n) is 29.2. The zero-order chi connectivity index (χ0) is 74.2. The normalized spacial score (nSPS) is 11.9. The van der Waals surface area contributed by atoms with Crippen LogP contribution in [0.5, 0.6) is 0 Å². The number of aromatic nitrogens is 8. The van der Waals surface area contributed by atoms with Crippen LogP contribution in [0, 0.1) is 0 Å². The van der Waals surface area contributed by atoms with E-state index in [2.05, 4.69) is 394 Å². The van der Waals surface area contributed by atoms with Gasteiger partial charge in [-0.3, -0.25) is 9.13 Å². The molecule has 9 heteroatoms. The van der Waals surface area contributed by atoms with Crippen LogP contribution in [0.3, 0.4) is 0 Å². The molecule has 0 bridgehead atoms. The first-order chi connectivity index (χ1) is 56.0. The third-order valence-corrected chi connectivity index (χ3v) is 22.8. The third-order valence-electron chi connectivity index (χ3n) is 22.8. The minimum absolute atomic E-state index is 0.589. The molecule has 113 heavy (non-hydrogen) atoms. The SMILES string of the molecule is c1ccc(-c2ccc(-n3c4ccccc4c4cc(-c5ccc6c(c5)c5ccccc5n6-c5nc(-c6ccccc6)cc(-c6cccc(-c7cccc8oc9c(-n%10c%11ccccc%11c%11cc(-c%12ccc%13c(c%12)c%12ccccc%12n%13-c%12nc(-c%13ccccc%13)cc(-c%13ccccc%13)n%12)ccc%11%10)cccc9c78)c6)n5)ccc43)cc2)cc1. The van der Waals surface area contributed by atoms with Crippen LogP contribution in [0.1, 0.15) is 0 Å². The highest BCUT2D eigenvalue weighted by atomic mass is 16.3. The first kappa shape index (κ1) is 63.7. The second-order valence-corrected chi connectivity index (χ2v) is 29.2. The monoisotopic (exact) mass is 1440 g/mol. The lowest BCUT2D eigenvalue weighted by Gasteiger charge is -2.13. The Morgan fingerprint density at radius 1 is 0.195 bits per heavy atom. The highest BCUT2D eigenvalue weighted by molar-refractivity contribution is 6.18. The molecule has 526 valence electrons. The first-order valence-corrected chi connectivity index (χ1v) is 38.3. The molecule has 0 amide bonds. The number of benzene rings is 16. The molecule has 0 saturated carbocycles. The topological polar surface area (TPSA) is 84.4 Å². The van der Waals surface area contributed by atoms with E-state index in [1.165, 1.54) is 27.4 Å². The quantitative estimate of drug-likeness (QED) is 0.122. The van der Waals surface area contributed by atoms with Crippen molar-refractivity contribution in [3.63, 3.8) is 0 Å². The molecule has 7 aromatic heterocycles. The van der Waals surface area contributed by atoms with E-state index < -0.39 is 0 Å². The molecule has 16 aromatic carbocycles. The lowest BCUT2D eigenvalue weighted by atomic mass is 9.97. The summed E-state index contributed by atoms with van der Waals surface area (Å²) in [5.74, 6) is 1.21. The van der Waals surface area contributed by atoms with Crippen LogP contribution >= 0.6 is 0 Å². The van der Waals surface area contributed by atoms with Crippen LogP contribution in [-0.2, 0) is 0 Å². The fraction of sp³-hybridized carbons (Fsp3) is 0. The largest absolute Gasteiger partial charge is 0.454 e. The van der Waals surface area contributed by atoms with Gasteiger partial charge >= 0.3 is 0 Å². The van der Waals surface area contributed by atoms with E-state index in [1.807, 2.05) is 12.1 Å². The van der Waals surface area contributed by atoms with Crippen LogP contribution < -0.4 is 0 Å². The predicted octanol–water partition coefficient (Wildman–Crippen LogP) is 26.9. The van der Waals surface area contributed by atoms with Gasteiger partial charge < -0.3 is 13.6 Å². The van der Waals surface area contributed by atoms with Crippen LogP contribution in [0.2, 0.25) is 0 Å². The maximum atomic E-state index is 7.17. The molecular formula is C104H64N8O. The highest BCUT2D eigenvalue weighted by Gasteiger charge is 2.25. The number of hydrogen-bond acceptors (Lipinski definition) is 5.